The lowest BCUT2D eigenvalue weighted by Gasteiger charge is -2.23. The molecule has 1 aliphatic heterocycles. The Labute approximate surface area is 129 Å². The highest BCUT2D eigenvalue weighted by Gasteiger charge is 2.33. The van der Waals surface area contributed by atoms with Crippen LogP contribution in [0, 0.1) is 5.82 Å². The maximum Gasteiger partial charge on any atom is 0.234 e. The predicted octanol–water partition coefficient (Wildman–Crippen LogP) is 4.31. The van der Waals surface area contributed by atoms with Crippen molar-refractivity contribution in [1.82, 2.24) is 4.90 Å². The molecule has 1 amide bonds. The van der Waals surface area contributed by atoms with Crippen molar-refractivity contribution in [2.45, 2.75) is 11.9 Å². The number of hydrogen-bond donors (Lipinski definition) is 0. The van der Waals surface area contributed by atoms with Crippen molar-refractivity contribution in [2.75, 3.05) is 5.75 Å². The van der Waals surface area contributed by atoms with Gasteiger partial charge in [-0.2, -0.15) is 0 Å². The van der Waals surface area contributed by atoms with Crippen LogP contribution in [-0.4, -0.2) is 16.6 Å². The quantitative estimate of drug-likeness (QED) is 0.837. The highest BCUT2D eigenvalue weighted by Crippen LogP contribution is 2.43. The Morgan fingerprint density at radius 3 is 2.65 bits per heavy atom. The average molecular weight is 328 g/mol. The van der Waals surface area contributed by atoms with Crippen LogP contribution in [0.15, 0.2) is 36.4 Å². The summed E-state index contributed by atoms with van der Waals surface area (Å²) >= 11 is 9.06. The van der Waals surface area contributed by atoms with Gasteiger partial charge in [0.1, 0.15) is 11.2 Å². The van der Waals surface area contributed by atoms with Crippen molar-refractivity contribution in [3.8, 4) is 0 Å². The Balaban J connectivity index is 1.82. The van der Waals surface area contributed by atoms with Crippen molar-refractivity contribution in [3.63, 3.8) is 0 Å². The van der Waals surface area contributed by atoms with Gasteiger partial charge in [-0.3, -0.25) is 4.79 Å². The maximum absolute atomic E-state index is 12.9. The molecule has 1 saturated heterocycles. The number of halogens is 2. The molecule has 0 radical (unpaired) electrons. The molecule has 6 heteroatoms. The van der Waals surface area contributed by atoms with E-state index in [1.165, 1.54) is 23.5 Å². The number of thiophene rings is 1. The third-order valence-corrected chi connectivity index (χ3v) is 5.74. The molecule has 2 nitrogen and oxygen atoms in total. The molecule has 104 valence electrons. The van der Waals surface area contributed by atoms with Gasteiger partial charge in [0.05, 0.1) is 10.1 Å². The summed E-state index contributed by atoms with van der Waals surface area (Å²) in [7, 11) is 0. The van der Waals surface area contributed by atoms with Gasteiger partial charge in [0.25, 0.3) is 0 Å². The molecular weight excluding hydrogens is 317 g/mol. The van der Waals surface area contributed by atoms with Gasteiger partial charge in [0.15, 0.2) is 0 Å². The normalized spacial score (nSPS) is 18.8. The van der Waals surface area contributed by atoms with Crippen LogP contribution in [0.25, 0.3) is 0 Å². The molecule has 1 atom stereocenters. The van der Waals surface area contributed by atoms with Gasteiger partial charge < -0.3 is 4.90 Å². The lowest BCUT2D eigenvalue weighted by Crippen LogP contribution is -2.27. The van der Waals surface area contributed by atoms with Gasteiger partial charge in [-0.1, -0.05) is 23.7 Å². The molecule has 1 aliphatic rings. The van der Waals surface area contributed by atoms with Crippen LogP contribution in [0.1, 0.15) is 15.8 Å². The lowest BCUT2D eigenvalue weighted by molar-refractivity contribution is -0.128. The van der Waals surface area contributed by atoms with Gasteiger partial charge in [-0.25, -0.2) is 4.39 Å². The molecule has 3 rings (SSSR count). The predicted molar refractivity (Wildman–Crippen MR) is 81.5 cm³/mol. The summed E-state index contributed by atoms with van der Waals surface area (Å²) in [6.45, 7) is 0.492. The second kappa shape index (κ2) is 5.76. The molecular formula is C14H11ClFNOS2. The van der Waals surface area contributed by atoms with E-state index in [-0.39, 0.29) is 17.1 Å². The van der Waals surface area contributed by atoms with E-state index >= 15 is 0 Å². The number of amides is 1. The molecule has 1 aromatic carbocycles. The fourth-order valence-corrected chi connectivity index (χ4v) is 4.59. The Morgan fingerprint density at radius 2 is 2.00 bits per heavy atom. The molecule has 1 aromatic heterocycles. The SMILES string of the molecule is O=C1CSC(c2ccc(Cl)s2)N1Cc1ccc(F)cc1. The molecule has 0 spiro atoms. The number of carbonyl (C=O) groups excluding carboxylic acids is 1. The highest BCUT2D eigenvalue weighted by atomic mass is 35.5. The van der Waals surface area contributed by atoms with E-state index in [2.05, 4.69) is 0 Å². The van der Waals surface area contributed by atoms with Crippen LogP contribution in [0.4, 0.5) is 4.39 Å². The summed E-state index contributed by atoms with van der Waals surface area (Å²) in [5, 5.41) is 0.00468. The topological polar surface area (TPSA) is 20.3 Å². The first-order chi connectivity index (χ1) is 9.63. The Bertz CT molecular complexity index is 628. The second-order valence-corrected chi connectivity index (χ2v) is 7.27. The number of hydrogen-bond acceptors (Lipinski definition) is 3. The van der Waals surface area contributed by atoms with Crippen molar-refractivity contribution in [3.05, 3.63) is 57.0 Å². The van der Waals surface area contributed by atoms with E-state index in [1.807, 2.05) is 17.0 Å². The number of thioether (sulfide) groups is 1. The van der Waals surface area contributed by atoms with Crippen LogP contribution in [0.2, 0.25) is 4.34 Å². The van der Waals surface area contributed by atoms with E-state index in [0.29, 0.717) is 12.3 Å². The summed E-state index contributed by atoms with van der Waals surface area (Å²) in [5.74, 6) is 0.313. The largest absolute Gasteiger partial charge is 0.321 e. The lowest BCUT2D eigenvalue weighted by atomic mass is 10.2. The van der Waals surface area contributed by atoms with Gasteiger partial charge in [0, 0.05) is 11.4 Å². The first kappa shape index (κ1) is 13.9. The van der Waals surface area contributed by atoms with Crippen LogP contribution < -0.4 is 0 Å². The molecule has 2 heterocycles. The minimum Gasteiger partial charge on any atom is -0.321 e. The van der Waals surface area contributed by atoms with Gasteiger partial charge in [0.2, 0.25) is 5.91 Å². The summed E-state index contributed by atoms with van der Waals surface area (Å²) in [6.07, 6.45) is 0. The fraction of sp³-hybridized carbons (Fsp3) is 0.214. The van der Waals surface area contributed by atoms with E-state index in [4.69, 9.17) is 11.6 Å². The highest BCUT2D eigenvalue weighted by molar-refractivity contribution is 8.00. The fourth-order valence-electron chi connectivity index (χ4n) is 2.11. The number of rotatable bonds is 3. The Kier molecular flexibility index (Phi) is 4.01. The molecule has 1 unspecified atom stereocenters. The van der Waals surface area contributed by atoms with E-state index < -0.39 is 0 Å². The van der Waals surface area contributed by atoms with E-state index in [0.717, 1.165) is 14.8 Å². The van der Waals surface area contributed by atoms with Crippen LogP contribution in [-0.2, 0) is 11.3 Å². The summed E-state index contributed by atoms with van der Waals surface area (Å²) in [5.41, 5.74) is 0.926. The summed E-state index contributed by atoms with van der Waals surface area (Å²) in [6, 6.07) is 10.1. The molecule has 2 aromatic rings. The molecule has 0 saturated carbocycles. The number of nitrogens with zero attached hydrogens (tertiary/aromatic N) is 1. The standard InChI is InChI=1S/C14H11ClFNOS2/c15-12-6-5-11(20-12)14-17(13(18)8-19-14)7-9-1-3-10(16)4-2-9/h1-6,14H,7-8H2. The van der Waals surface area contributed by atoms with E-state index in [9.17, 15) is 9.18 Å². The molecule has 0 N–H and O–H groups in total. The average Bonchev–Trinajstić information content (AvgIpc) is 3.00. The second-order valence-electron chi connectivity index (χ2n) is 4.45. The number of benzene rings is 1. The number of carbonyl (C=O) groups is 1. The first-order valence-corrected chi connectivity index (χ1v) is 8.28. The monoisotopic (exact) mass is 327 g/mol. The summed E-state index contributed by atoms with van der Waals surface area (Å²) in [4.78, 5) is 14.9. The molecule has 20 heavy (non-hydrogen) atoms. The van der Waals surface area contributed by atoms with Crippen LogP contribution >= 0.6 is 34.7 Å². The van der Waals surface area contributed by atoms with Crippen LogP contribution in [0.5, 0.6) is 0 Å². The third kappa shape index (κ3) is 2.85. The molecule has 0 aliphatic carbocycles. The Hall–Kier alpha value is -1.04. The minimum absolute atomic E-state index is 0.00468. The van der Waals surface area contributed by atoms with Gasteiger partial charge in [-0.15, -0.1) is 23.1 Å². The Morgan fingerprint density at radius 1 is 1.25 bits per heavy atom. The zero-order valence-corrected chi connectivity index (χ0v) is 12.8. The van der Waals surface area contributed by atoms with Gasteiger partial charge in [-0.05, 0) is 29.8 Å². The summed E-state index contributed by atoms with van der Waals surface area (Å²) < 4.78 is 13.6. The maximum atomic E-state index is 12.9. The smallest absolute Gasteiger partial charge is 0.234 e. The van der Waals surface area contributed by atoms with Crippen molar-refractivity contribution >= 4 is 40.6 Å². The van der Waals surface area contributed by atoms with E-state index in [1.54, 1.807) is 23.9 Å². The van der Waals surface area contributed by atoms with Crippen LogP contribution in [0.3, 0.4) is 0 Å². The van der Waals surface area contributed by atoms with Crippen molar-refractivity contribution in [2.24, 2.45) is 0 Å². The minimum atomic E-state index is -0.266. The van der Waals surface area contributed by atoms with Crippen molar-refractivity contribution < 1.29 is 9.18 Å². The molecule has 1 fully saturated rings. The van der Waals surface area contributed by atoms with Gasteiger partial charge >= 0.3 is 0 Å². The van der Waals surface area contributed by atoms with Crippen molar-refractivity contribution in [1.29, 1.82) is 0 Å². The third-order valence-electron chi connectivity index (χ3n) is 3.07. The zero-order chi connectivity index (χ0) is 14.1. The zero-order valence-electron chi connectivity index (χ0n) is 10.4. The molecule has 0 bridgehead atoms. The first-order valence-electron chi connectivity index (χ1n) is 6.04.